The van der Waals surface area contributed by atoms with Crippen molar-refractivity contribution in [2.75, 3.05) is 6.67 Å². The fraction of sp³-hybridized carbons (Fsp3) is 0.125. The summed E-state index contributed by atoms with van der Waals surface area (Å²) in [4.78, 5) is 0. The highest BCUT2D eigenvalue weighted by Gasteiger charge is 2.11. The van der Waals surface area contributed by atoms with Crippen LogP contribution in [0.4, 0.5) is 4.39 Å². The highest BCUT2D eigenvalue weighted by atomic mass is 79.9. The Morgan fingerprint density at radius 3 is 1.67 bits per heavy atom. The summed E-state index contributed by atoms with van der Waals surface area (Å²) >= 11 is 3.67. The average Bonchev–Trinajstić information content (AvgIpc) is 2.43. The third-order valence-corrected chi connectivity index (χ3v) is 4.18. The van der Waals surface area contributed by atoms with E-state index < -0.39 is 0 Å². The molecule has 18 heavy (non-hydrogen) atoms. The number of hydrogen-bond acceptors (Lipinski definition) is 0. The van der Waals surface area contributed by atoms with Crippen molar-refractivity contribution in [2.45, 2.75) is 6.42 Å². The van der Waals surface area contributed by atoms with Gasteiger partial charge in [-0.1, -0.05) is 48.5 Å². The molecule has 0 radical (unpaired) electrons. The third kappa shape index (κ3) is 1.72. The van der Waals surface area contributed by atoms with Gasteiger partial charge in [-0.2, -0.15) is 0 Å². The molecule has 2 heteroatoms. The molecule has 0 spiro atoms. The maximum atomic E-state index is 12.8. The number of benzene rings is 3. The lowest BCUT2D eigenvalue weighted by Crippen LogP contribution is -1.92. The van der Waals surface area contributed by atoms with Gasteiger partial charge in [0.25, 0.3) is 0 Å². The van der Waals surface area contributed by atoms with Crippen molar-refractivity contribution in [3.8, 4) is 0 Å². The number of halogens is 2. The molecule has 3 aromatic rings. The Bertz CT molecular complexity index is 662. The zero-order chi connectivity index (χ0) is 12.5. The fourth-order valence-corrected chi connectivity index (χ4v) is 3.22. The lowest BCUT2D eigenvalue weighted by molar-refractivity contribution is 0.497. The first-order valence-electron chi connectivity index (χ1n) is 5.96. The van der Waals surface area contributed by atoms with Gasteiger partial charge < -0.3 is 0 Å². The summed E-state index contributed by atoms with van der Waals surface area (Å²) < 4.78 is 13.9. The summed E-state index contributed by atoms with van der Waals surface area (Å²) in [5, 5.41) is 4.58. The molecule has 90 valence electrons. The molecule has 0 aliphatic heterocycles. The fourth-order valence-electron chi connectivity index (χ4n) is 2.53. The lowest BCUT2D eigenvalue weighted by Gasteiger charge is -2.12. The summed E-state index contributed by atoms with van der Waals surface area (Å²) in [5.41, 5.74) is 1.10. The van der Waals surface area contributed by atoms with Gasteiger partial charge in [0.1, 0.15) is 0 Å². The number of aryl methyl sites for hydroxylation is 1. The Morgan fingerprint density at radius 2 is 1.22 bits per heavy atom. The second-order valence-electron chi connectivity index (χ2n) is 4.32. The molecule has 0 bridgehead atoms. The van der Waals surface area contributed by atoms with Crippen LogP contribution in [-0.2, 0) is 6.42 Å². The van der Waals surface area contributed by atoms with Crippen molar-refractivity contribution in [2.24, 2.45) is 0 Å². The quantitative estimate of drug-likeness (QED) is 0.566. The minimum Gasteiger partial charge on any atom is -0.251 e. The van der Waals surface area contributed by atoms with Crippen LogP contribution in [-0.4, -0.2) is 6.67 Å². The van der Waals surface area contributed by atoms with Crippen LogP contribution in [0.3, 0.4) is 0 Å². The molecular weight excluding hydrogens is 291 g/mol. The van der Waals surface area contributed by atoms with E-state index in [-0.39, 0.29) is 6.67 Å². The maximum Gasteiger partial charge on any atom is 0.0935 e. The van der Waals surface area contributed by atoms with Gasteiger partial charge in [-0.25, -0.2) is 0 Å². The predicted octanol–water partition coefficient (Wildman–Crippen LogP) is 5.27. The van der Waals surface area contributed by atoms with E-state index in [0.29, 0.717) is 6.42 Å². The van der Waals surface area contributed by atoms with E-state index in [2.05, 4.69) is 40.2 Å². The SMILES string of the molecule is FCCc1c2ccccc2c(Br)c2ccccc12. The zero-order valence-electron chi connectivity index (χ0n) is 9.79. The highest BCUT2D eigenvalue weighted by molar-refractivity contribution is 9.10. The number of hydrogen-bond donors (Lipinski definition) is 0. The molecule has 0 aliphatic rings. The van der Waals surface area contributed by atoms with Crippen LogP contribution in [0.2, 0.25) is 0 Å². The first-order valence-corrected chi connectivity index (χ1v) is 6.76. The molecule has 0 fully saturated rings. The van der Waals surface area contributed by atoms with Gasteiger partial charge in [0.05, 0.1) is 6.67 Å². The van der Waals surface area contributed by atoms with E-state index in [1.807, 2.05) is 24.3 Å². The molecular formula is C16H12BrF. The van der Waals surface area contributed by atoms with Crippen LogP contribution in [0.25, 0.3) is 21.5 Å². The normalized spacial score (nSPS) is 11.2. The largest absolute Gasteiger partial charge is 0.251 e. The minimum absolute atomic E-state index is 0.324. The van der Waals surface area contributed by atoms with Gasteiger partial charge in [-0.15, -0.1) is 0 Å². The molecule has 0 atom stereocenters. The first kappa shape index (κ1) is 11.7. The maximum absolute atomic E-state index is 12.8. The Balaban J connectivity index is 2.54. The van der Waals surface area contributed by atoms with E-state index in [1.165, 1.54) is 0 Å². The molecule has 0 N–H and O–H groups in total. The average molecular weight is 303 g/mol. The second kappa shape index (κ2) is 4.69. The zero-order valence-corrected chi connectivity index (χ0v) is 11.4. The molecule has 0 saturated heterocycles. The van der Waals surface area contributed by atoms with Crippen LogP contribution in [0.15, 0.2) is 53.0 Å². The summed E-state index contributed by atoms with van der Waals surface area (Å²) in [6.45, 7) is -0.324. The lowest BCUT2D eigenvalue weighted by atomic mass is 9.95. The van der Waals surface area contributed by atoms with E-state index in [4.69, 9.17) is 0 Å². The number of rotatable bonds is 2. The topological polar surface area (TPSA) is 0 Å². The van der Waals surface area contributed by atoms with Gasteiger partial charge in [-0.05, 0) is 43.0 Å². The van der Waals surface area contributed by atoms with E-state index in [1.54, 1.807) is 0 Å². The summed E-state index contributed by atoms with van der Waals surface area (Å²) in [6.07, 6.45) is 0.467. The smallest absolute Gasteiger partial charge is 0.0935 e. The van der Waals surface area contributed by atoms with Gasteiger partial charge in [0, 0.05) is 10.9 Å². The van der Waals surface area contributed by atoms with Crippen molar-refractivity contribution in [1.82, 2.24) is 0 Å². The molecule has 0 nitrogen and oxygen atoms in total. The molecule has 0 aliphatic carbocycles. The molecule has 3 rings (SSSR count). The minimum atomic E-state index is -0.324. The summed E-state index contributed by atoms with van der Waals surface area (Å²) in [6, 6.07) is 16.3. The van der Waals surface area contributed by atoms with Gasteiger partial charge in [0.2, 0.25) is 0 Å². The molecule has 0 amide bonds. The monoisotopic (exact) mass is 302 g/mol. The van der Waals surface area contributed by atoms with Crippen molar-refractivity contribution >= 4 is 37.5 Å². The number of fused-ring (bicyclic) bond motifs is 2. The summed E-state index contributed by atoms with van der Waals surface area (Å²) in [7, 11) is 0. The van der Waals surface area contributed by atoms with Crippen LogP contribution in [0.1, 0.15) is 5.56 Å². The highest BCUT2D eigenvalue weighted by Crippen LogP contribution is 2.36. The van der Waals surface area contributed by atoms with E-state index >= 15 is 0 Å². The van der Waals surface area contributed by atoms with Gasteiger partial charge in [-0.3, -0.25) is 4.39 Å². The molecule has 3 aromatic carbocycles. The third-order valence-electron chi connectivity index (χ3n) is 3.32. The molecule has 0 unspecified atom stereocenters. The molecule has 0 aromatic heterocycles. The number of alkyl halides is 1. The van der Waals surface area contributed by atoms with Crippen molar-refractivity contribution in [1.29, 1.82) is 0 Å². The van der Waals surface area contributed by atoms with Crippen LogP contribution >= 0.6 is 15.9 Å². The van der Waals surface area contributed by atoms with E-state index in [9.17, 15) is 4.39 Å². The van der Waals surface area contributed by atoms with Crippen molar-refractivity contribution in [3.05, 3.63) is 58.6 Å². The molecule has 0 saturated carbocycles. The predicted molar refractivity (Wildman–Crippen MR) is 78.8 cm³/mol. The second-order valence-corrected chi connectivity index (χ2v) is 5.12. The summed E-state index contributed by atoms with van der Waals surface area (Å²) in [5.74, 6) is 0. The van der Waals surface area contributed by atoms with Crippen LogP contribution < -0.4 is 0 Å². The van der Waals surface area contributed by atoms with Gasteiger partial charge >= 0.3 is 0 Å². The Hall–Kier alpha value is -1.41. The standard InChI is InChI=1S/C16H12BrF/c17-16-14-7-3-1-5-11(14)13(9-10-18)12-6-2-4-8-15(12)16/h1-8H,9-10H2. The van der Waals surface area contributed by atoms with Crippen molar-refractivity contribution < 1.29 is 4.39 Å². The Morgan fingerprint density at radius 1 is 0.778 bits per heavy atom. The Labute approximate surface area is 114 Å². The molecule has 0 heterocycles. The van der Waals surface area contributed by atoms with E-state index in [0.717, 1.165) is 31.6 Å². The van der Waals surface area contributed by atoms with Gasteiger partial charge in [0.15, 0.2) is 0 Å². The van der Waals surface area contributed by atoms with Crippen LogP contribution in [0.5, 0.6) is 0 Å². The first-order chi connectivity index (χ1) is 8.83. The van der Waals surface area contributed by atoms with Crippen LogP contribution in [0, 0.1) is 0 Å². The Kier molecular flexibility index (Phi) is 3.04. The van der Waals surface area contributed by atoms with Crippen molar-refractivity contribution in [3.63, 3.8) is 0 Å².